The first kappa shape index (κ1) is 36.3. The van der Waals surface area contributed by atoms with Crippen molar-refractivity contribution in [3.63, 3.8) is 0 Å². The van der Waals surface area contributed by atoms with Crippen LogP contribution in [0.25, 0.3) is 12.2 Å². The molecule has 0 aliphatic carbocycles. The van der Waals surface area contributed by atoms with Crippen molar-refractivity contribution in [1.82, 2.24) is 0 Å². The molecule has 51 heavy (non-hydrogen) atoms. The third-order valence-corrected chi connectivity index (χ3v) is 10.6. The molecule has 0 saturated heterocycles. The molecule has 0 spiro atoms. The number of rotatable bonds is 14. The highest BCUT2D eigenvalue weighted by Crippen LogP contribution is 2.41. The first-order valence-electron chi connectivity index (χ1n) is 18.6. The zero-order valence-corrected chi connectivity index (χ0v) is 31.2. The molecule has 6 rings (SSSR count). The maximum Gasteiger partial charge on any atom is 0.488 e. The minimum atomic E-state index is -1.49. The van der Waals surface area contributed by atoms with Gasteiger partial charge in [-0.05, 0) is 68.6 Å². The summed E-state index contributed by atoms with van der Waals surface area (Å²) in [7, 11) is -1.49. The van der Waals surface area contributed by atoms with Crippen LogP contribution in [0.3, 0.4) is 0 Å². The minimum Gasteiger partial charge on any atom is -0.488 e. The largest absolute Gasteiger partial charge is 0.488 e. The normalized spacial score (nSPS) is 16.0. The van der Waals surface area contributed by atoms with Gasteiger partial charge in [-0.2, -0.15) is 9.15 Å². The second-order valence-electron chi connectivity index (χ2n) is 14.9. The van der Waals surface area contributed by atoms with E-state index in [-0.39, 0.29) is 10.8 Å². The molecule has 0 fully saturated rings. The van der Waals surface area contributed by atoms with E-state index in [0.29, 0.717) is 12.1 Å². The van der Waals surface area contributed by atoms with E-state index in [0.717, 1.165) is 61.2 Å². The van der Waals surface area contributed by atoms with E-state index in [9.17, 15) is 10.0 Å². The monoisotopic (exact) mass is 680 g/mol. The Bertz CT molecular complexity index is 2000. The lowest BCUT2D eigenvalue weighted by molar-refractivity contribution is -0.438. The second kappa shape index (κ2) is 15.4. The minimum absolute atomic E-state index is 0.101. The van der Waals surface area contributed by atoms with Gasteiger partial charge in [0.15, 0.2) is 11.4 Å². The third kappa shape index (κ3) is 7.44. The number of hydrogen-bond donors (Lipinski definition) is 2. The molecule has 0 aromatic heterocycles. The van der Waals surface area contributed by atoms with Crippen molar-refractivity contribution in [2.75, 3.05) is 13.1 Å². The van der Waals surface area contributed by atoms with Crippen LogP contribution in [-0.2, 0) is 17.4 Å². The molecule has 0 amide bonds. The molecular formula is C45H53BN2O3+2. The van der Waals surface area contributed by atoms with E-state index in [1.165, 1.54) is 33.9 Å². The van der Waals surface area contributed by atoms with Gasteiger partial charge < -0.3 is 14.8 Å². The van der Waals surface area contributed by atoms with Crippen LogP contribution in [0.15, 0.2) is 103 Å². The lowest BCUT2D eigenvalue weighted by atomic mass is 9.80. The quantitative estimate of drug-likeness (QED) is 0.104. The van der Waals surface area contributed by atoms with Crippen molar-refractivity contribution in [2.45, 2.75) is 84.7 Å². The molecule has 0 atom stereocenters. The van der Waals surface area contributed by atoms with E-state index in [4.69, 9.17) is 4.74 Å². The molecule has 0 unspecified atom stereocenters. The number of hydrogen-bond acceptors (Lipinski definition) is 3. The number of nitrogens with zero attached hydrogens (tertiary/aromatic N) is 2. The fourth-order valence-electron chi connectivity index (χ4n) is 7.62. The van der Waals surface area contributed by atoms with Crippen LogP contribution in [0.4, 0.5) is 11.4 Å². The summed E-state index contributed by atoms with van der Waals surface area (Å²) in [6, 6.07) is 31.3. The molecule has 0 saturated carbocycles. The van der Waals surface area contributed by atoms with Crippen LogP contribution in [0.1, 0.15) is 95.0 Å². The molecule has 2 aliphatic rings. The molecule has 2 N–H and O–H groups in total. The smallest absolute Gasteiger partial charge is 0.488 e. The highest BCUT2D eigenvalue weighted by molar-refractivity contribution is 6.58. The molecule has 4 aromatic rings. The Morgan fingerprint density at radius 1 is 0.647 bits per heavy atom. The van der Waals surface area contributed by atoms with Crippen LogP contribution in [0.2, 0.25) is 0 Å². The molecule has 262 valence electrons. The summed E-state index contributed by atoms with van der Waals surface area (Å²) in [5.74, 6) is 0.800. The van der Waals surface area contributed by atoms with Gasteiger partial charge in [-0.25, -0.2) is 0 Å². The molecule has 5 nitrogen and oxygen atoms in total. The highest BCUT2D eigenvalue weighted by Gasteiger charge is 2.45. The molecule has 2 heterocycles. The Hall–Kier alpha value is -4.52. The van der Waals surface area contributed by atoms with Crippen LogP contribution in [0, 0.1) is 0 Å². The second-order valence-corrected chi connectivity index (χ2v) is 14.9. The lowest BCUT2D eigenvalue weighted by Crippen LogP contribution is -2.29. The summed E-state index contributed by atoms with van der Waals surface area (Å²) >= 11 is 0. The van der Waals surface area contributed by atoms with Crippen LogP contribution >= 0.6 is 0 Å². The molecular weight excluding hydrogens is 627 g/mol. The number of allylic oxidation sites excluding steroid dienone is 2. The SMILES string of the molecule is CCCC[N+]1=C(/C=C/c2ccc(OCc3ccc(B(O)O)cc3)c(/C=C/C3=[N+](CCCC)c4ccccc4C3(C)C)c2)C(C)(C)c2ccccc21. The summed E-state index contributed by atoms with van der Waals surface area (Å²) in [6.45, 7) is 16.2. The van der Waals surface area contributed by atoms with Crippen LogP contribution < -0.4 is 10.2 Å². The van der Waals surface area contributed by atoms with Gasteiger partial charge in [0.05, 0.1) is 10.8 Å². The average Bonchev–Trinajstić information content (AvgIpc) is 3.48. The summed E-state index contributed by atoms with van der Waals surface area (Å²) in [5.41, 5.74) is 11.2. The first-order chi connectivity index (χ1) is 24.6. The van der Waals surface area contributed by atoms with Gasteiger partial charge in [-0.3, -0.25) is 0 Å². The van der Waals surface area contributed by atoms with Crippen molar-refractivity contribution < 1.29 is 23.9 Å². The van der Waals surface area contributed by atoms with Gasteiger partial charge in [0.2, 0.25) is 11.4 Å². The van der Waals surface area contributed by atoms with Gasteiger partial charge in [-0.1, -0.05) is 93.4 Å². The predicted molar refractivity (Wildman–Crippen MR) is 213 cm³/mol. The lowest BCUT2D eigenvalue weighted by Gasteiger charge is -2.16. The summed E-state index contributed by atoms with van der Waals surface area (Å²) < 4.78 is 11.5. The van der Waals surface area contributed by atoms with Crippen LogP contribution in [-0.4, -0.2) is 50.8 Å². The van der Waals surface area contributed by atoms with E-state index in [2.05, 4.69) is 142 Å². The van der Waals surface area contributed by atoms with Gasteiger partial charge in [0, 0.05) is 53.8 Å². The van der Waals surface area contributed by atoms with Crippen molar-refractivity contribution in [3.8, 4) is 5.75 Å². The number of unbranched alkanes of at least 4 members (excludes halogenated alkanes) is 2. The molecule has 6 heteroatoms. The fraction of sp³-hybridized carbons (Fsp3) is 0.333. The predicted octanol–water partition coefficient (Wildman–Crippen LogP) is 8.72. The Balaban J connectivity index is 1.38. The molecule has 2 aliphatic heterocycles. The maximum atomic E-state index is 9.54. The number of para-hydroxylation sites is 2. The third-order valence-electron chi connectivity index (χ3n) is 10.6. The summed E-state index contributed by atoms with van der Waals surface area (Å²) in [6.07, 6.45) is 13.6. The zero-order valence-electron chi connectivity index (χ0n) is 31.2. The average molecular weight is 681 g/mol. The number of fused-ring (bicyclic) bond motifs is 2. The van der Waals surface area contributed by atoms with Crippen molar-refractivity contribution in [1.29, 1.82) is 0 Å². The van der Waals surface area contributed by atoms with E-state index in [1.807, 2.05) is 12.1 Å². The summed E-state index contributed by atoms with van der Waals surface area (Å²) in [4.78, 5) is 0. The highest BCUT2D eigenvalue weighted by atomic mass is 16.5. The van der Waals surface area contributed by atoms with Crippen molar-refractivity contribution in [2.24, 2.45) is 0 Å². The van der Waals surface area contributed by atoms with Crippen molar-refractivity contribution >= 4 is 47.5 Å². The maximum absolute atomic E-state index is 9.54. The molecule has 0 bridgehead atoms. The van der Waals surface area contributed by atoms with E-state index in [1.54, 1.807) is 12.1 Å². The standard InChI is InChI=1S/C45H53BN2O3/c1-7-9-29-47-39-17-13-11-15-37(39)44(3,4)42(47)27-22-33-21-26-41(51-32-34-19-24-36(25-20-34)46(49)50)35(31-33)23-28-43-45(5,6)38-16-12-14-18-40(38)48(43)30-10-8-2/h11-28,31,49-50H,7-10,29-30,32H2,1-6H3/q+2/b27-22+,28-23+. The summed E-state index contributed by atoms with van der Waals surface area (Å²) in [5, 5.41) is 19.1. The Morgan fingerprint density at radius 2 is 1.18 bits per heavy atom. The topological polar surface area (TPSA) is 55.7 Å². The van der Waals surface area contributed by atoms with E-state index < -0.39 is 7.12 Å². The van der Waals surface area contributed by atoms with E-state index >= 15 is 0 Å². The first-order valence-corrected chi connectivity index (χ1v) is 18.6. The number of benzene rings is 4. The Labute approximate surface area is 305 Å². The fourth-order valence-corrected chi connectivity index (χ4v) is 7.62. The Morgan fingerprint density at radius 3 is 1.71 bits per heavy atom. The molecule has 0 radical (unpaired) electrons. The van der Waals surface area contributed by atoms with Gasteiger partial charge in [0.25, 0.3) is 0 Å². The van der Waals surface area contributed by atoms with Gasteiger partial charge in [-0.15, -0.1) is 0 Å². The Kier molecular flexibility index (Phi) is 10.9. The van der Waals surface area contributed by atoms with Crippen molar-refractivity contribution in [3.05, 3.63) is 131 Å². The molecule has 4 aromatic carbocycles. The van der Waals surface area contributed by atoms with Gasteiger partial charge >= 0.3 is 7.12 Å². The number of ether oxygens (including phenoxy) is 1. The van der Waals surface area contributed by atoms with Gasteiger partial charge in [0.1, 0.15) is 25.4 Å². The zero-order chi connectivity index (χ0) is 36.2. The van der Waals surface area contributed by atoms with Crippen LogP contribution in [0.5, 0.6) is 5.75 Å².